The lowest BCUT2D eigenvalue weighted by Gasteiger charge is -2.31. The van der Waals surface area contributed by atoms with Crippen molar-refractivity contribution in [3.63, 3.8) is 0 Å². The van der Waals surface area contributed by atoms with Gasteiger partial charge < -0.3 is 4.98 Å². The number of hydrogen-bond donors (Lipinski definition) is 1. The maximum absolute atomic E-state index is 12.8. The van der Waals surface area contributed by atoms with Gasteiger partial charge in [0.05, 0.1) is 10.9 Å². The Labute approximate surface area is 152 Å². The minimum absolute atomic E-state index is 0.168. The van der Waals surface area contributed by atoms with Crippen molar-refractivity contribution in [1.82, 2.24) is 9.97 Å². The Hall–Kier alpha value is -2.75. The second-order valence-corrected chi connectivity index (χ2v) is 7.44. The number of Topliss-reactive ketones (excluding diaryl/α,β-unsaturated/α-hetero) is 1. The minimum atomic E-state index is -0.661. The molecule has 0 bridgehead atoms. The number of pyridine rings is 2. The van der Waals surface area contributed by atoms with Crippen molar-refractivity contribution in [2.75, 3.05) is 0 Å². The molecule has 0 amide bonds. The molecule has 1 aromatic carbocycles. The van der Waals surface area contributed by atoms with Crippen molar-refractivity contribution < 1.29 is 4.79 Å². The lowest BCUT2D eigenvalue weighted by molar-refractivity contribution is -0.125. The quantitative estimate of drug-likeness (QED) is 0.752. The summed E-state index contributed by atoms with van der Waals surface area (Å²) >= 11 is 0. The zero-order valence-corrected chi connectivity index (χ0v) is 15.1. The fourth-order valence-corrected chi connectivity index (χ4v) is 4.06. The molecule has 3 aromatic rings. The Morgan fingerprint density at radius 3 is 2.73 bits per heavy atom. The van der Waals surface area contributed by atoms with Gasteiger partial charge in [-0.05, 0) is 56.5 Å². The highest BCUT2D eigenvalue weighted by Crippen LogP contribution is 2.35. The lowest BCUT2D eigenvalue weighted by Crippen LogP contribution is -2.40. The summed E-state index contributed by atoms with van der Waals surface area (Å²) in [6, 6.07) is 11.8. The molecular weight excluding hydrogens is 324 g/mol. The average molecular weight is 346 g/mol. The van der Waals surface area contributed by atoms with Gasteiger partial charge in [-0.3, -0.25) is 14.6 Å². The Balaban J connectivity index is 1.79. The van der Waals surface area contributed by atoms with Crippen LogP contribution in [0.15, 0.2) is 47.4 Å². The number of aryl methyl sites for hydroxylation is 1. The smallest absolute Gasteiger partial charge is 0.252 e. The third-order valence-corrected chi connectivity index (χ3v) is 5.69. The second kappa shape index (κ2) is 6.20. The number of aromatic nitrogens is 2. The van der Waals surface area contributed by atoms with E-state index in [2.05, 4.69) is 16.0 Å². The molecule has 0 aliphatic heterocycles. The van der Waals surface area contributed by atoms with E-state index in [1.54, 1.807) is 6.20 Å². The summed E-state index contributed by atoms with van der Waals surface area (Å²) in [6.07, 6.45) is 4.99. The summed E-state index contributed by atoms with van der Waals surface area (Å²) in [6.45, 7) is 3.95. The molecule has 1 aliphatic carbocycles. The van der Waals surface area contributed by atoms with Gasteiger partial charge in [-0.15, -0.1) is 0 Å². The van der Waals surface area contributed by atoms with Crippen LogP contribution in [0.4, 0.5) is 0 Å². The number of carbonyl (C=O) groups excluding carboxylic acids is 1. The maximum atomic E-state index is 12.8. The molecule has 0 spiro atoms. The van der Waals surface area contributed by atoms with Crippen molar-refractivity contribution in [2.24, 2.45) is 0 Å². The highest BCUT2D eigenvalue weighted by atomic mass is 16.1. The van der Waals surface area contributed by atoms with E-state index in [4.69, 9.17) is 0 Å². The average Bonchev–Trinajstić information content (AvgIpc) is 2.64. The Morgan fingerprint density at radius 2 is 1.96 bits per heavy atom. The topological polar surface area (TPSA) is 62.8 Å². The molecule has 4 rings (SSSR count). The Morgan fingerprint density at radius 1 is 1.12 bits per heavy atom. The highest BCUT2D eigenvalue weighted by molar-refractivity contribution is 5.90. The van der Waals surface area contributed by atoms with Crippen molar-refractivity contribution in [3.8, 4) is 11.3 Å². The molecule has 1 N–H and O–H groups in total. The molecule has 2 aromatic heterocycles. The number of hydrogen-bond acceptors (Lipinski definition) is 3. The first-order chi connectivity index (χ1) is 12.5. The normalized spacial score (nSPS) is 20.5. The van der Waals surface area contributed by atoms with Crippen LogP contribution in [0, 0.1) is 6.92 Å². The number of aromatic amines is 1. The summed E-state index contributed by atoms with van der Waals surface area (Å²) < 4.78 is 0. The molecule has 132 valence electrons. The molecule has 0 saturated heterocycles. The van der Waals surface area contributed by atoms with Crippen molar-refractivity contribution in [1.29, 1.82) is 0 Å². The first-order valence-electron chi connectivity index (χ1n) is 9.12. The number of H-pyrrole nitrogens is 1. The number of benzene rings is 1. The fraction of sp³-hybridized carbons (Fsp3) is 0.318. The van der Waals surface area contributed by atoms with Crippen molar-refractivity contribution in [3.05, 3.63) is 64.1 Å². The summed E-state index contributed by atoms with van der Waals surface area (Å²) in [7, 11) is 0. The zero-order valence-electron chi connectivity index (χ0n) is 15.1. The van der Waals surface area contributed by atoms with E-state index < -0.39 is 5.41 Å². The molecule has 2 heterocycles. The summed E-state index contributed by atoms with van der Waals surface area (Å²) in [5.74, 6) is 0.174. The van der Waals surface area contributed by atoms with E-state index in [1.807, 2.05) is 44.2 Å². The van der Waals surface area contributed by atoms with Crippen LogP contribution in [-0.2, 0) is 10.2 Å². The predicted molar refractivity (Wildman–Crippen MR) is 103 cm³/mol. The lowest BCUT2D eigenvalue weighted by atomic mass is 9.70. The number of carbonyl (C=O) groups is 1. The molecular formula is C22H22N2O2. The standard InChI is InChI=1S/C22H22N2O2/c1-14-12-15(13-19-16(14)6-5-11-23-19)18-9-8-17(21(26)24-18)22(2)10-4-3-7-20(22)25/h5-6,8-9,11-13H,3-4,7,10H2,1-2H3,(H,24,26)/t22-/m1/s1. The van der Waals surface area contributed by atoms with E-state index in [9.17, 15) is 9.59 Å². The number of nitrogens with one attached hydrogen (secondary N) is 1. The summed E-state index contributed by atoms with van der Waals surface area (Å²) in [4.78, 5) is 32.7. The largest absolute Gasteiger partial charge is 0.322 e. The molecule has 4 nitrogen and oxygen atoms in total. The van der Waals surface area contributed by atoms with Crippen LogP contribution < -0.4 is 5.56 Å². The van der Waals surface area contributed by atoms with Crippen LogP contribution >= 0.6 is 0 Å². The molecule has 0 unspecified atom stereocenters. The monoisotopic (exact) mass is 346 g/mol. The van der Waals surface area contributed by atoms with E-state index in [0.29, 0.717) is 12.0 Å². The molecule has 1 saturated carbocycles. The van der Waals surface area contributed by atoms with Crippen LogP contribution in [-0.4, -0.2) is 15.8 Å². The molecule has 0 radical (unpaired) electrons. The number of ketones is 1. The summed E-state index contributed by atoms with van der Waals surface area (Å²) in [5.41, 5.74) is 3.46. The van der Waals surface area contributed by atoms with Gasteiger partial charge in [0, 0.05) is 34.8 Å². The maximum Gasteiger partial charge on any atom is 0.252 e. The van der Waals surface area contributed by atoms with Crippen LogP contribution in [0.2, 0.25) is 0 Å². The van der Waals surface area contributed by atoms with Crippen LogP contribution in [0.3, 0.4) is 0 Å². The predicted octanol–water partition coefficient (Wildman–Crippen LogP) is 4.30. The van der Waals surface area contributed by atoms with Gasteiger partial charge in [0.1, 0.15) is 5.78 Å². The number of fused-ring (bicyclic) bond motifs is 1. The van der Waals surface area contributed by atoms with E-state index in [1.165, 1.54) is 0 Å². The third kappa shape index (κ3) is 2.66. The van der Waals surface area contributed by atoms with Gasteiger partial charge >= 0.3 is 0 Å². The SMILES string of the molecule is Cc1cc(-c2ccc([C@@]3(C)CCCCC3=O)c(=O)[nH]2)cc2ncccc12. The van der Waals surface area contributed by atoms with E-state index in [-0.39, 0.29) is 11.3 Å². The van der Waals surface area contributed by atoms with Crippen LogP contribution in [0.5, 0.6) is 0 Å². The molecule has 26 heavy (non-hydrogen) atoms. The van der Waals surface area contributed by atoms with Gasteiger partial charge in [-0.1, -0.05) is 18.6 Å². The summed E-state index contributed by atoms with van der Waals surface area (Å²) in [5, 5.41) is 1.11. The molecule has 1 atom stereocenters. The first-order valence-corrected chi connectivity index (χ1v) is 9.12. The number of nitrogens with zero attached hydrogens (tertiary/aromatic N) is 1. The van der Waals surface area contributed by atoms with Crippen molar-refractivity contribution in [2.45, 2.75) is 44.9 Å². The number of rotatable bonds is 2. The van der Waals surface area contributed by atoms with E-state index in [0.717, 1.165) is 47.0 Å². The fourth-order valence-electron chi connectivity index (χ4n) is 4.06. The van der Waals surface area contributed by atoms with Crippen molar-refractivity contribution >= 4 is 16.7 Å². The minimum Gasteiger partial charge on any atom is -0.322 e. The van der Waals surface area contributed by atoms with Crippen LogP contribution in [0.1, 0.15) is 43.7 Å². The molecule has 1 fully saturated rings. The van der Waals surface area contributed by atoms with Crippen LogP contribution in [0.25, 0.3) is 22.2 Å². The Bertz CT molecular complexity index is 1070. The van der Waals surface area contributed by atoms with Gasteiger partial charge in [0.25, 0.3) is 5.56 Å². The Kier molecular flexibility index (Phi) is 3.98. The second-order valence-electron chi connectivity index (χ2n) is 7.44. The third-order valence-electron chi connectivity index (χ3n) is 5.69. The van der Waals surface area contributed by atoms with Gasteiger partial charge in [-0.2, -0.15) is 0 Å². The first kappa shape index (κ1) is 16.7. The molecule has 1 aliphatic rings. The van der Waals surface area contributed by atoms with Gasteiger partial charge in [-0.25, -0.2) is 0 Å². The molecule has 4 heteroatoms. The zero-order chi connectivity index (χ0) is 18.3. The van der Waals surface area contributed by atoms with Gasteiger partial charge in [0.2, 0.25) is 0 Å². The van der Waals surface area contributed by atoms with Gasteiger partial charge in [0.15, 0.2) is 0 Å². The van der Waals surface area contributed by atoms with E-state index >= 15 is 0 Å². The highest BCUT2D eigenvalue weighted by Gasteiger charge is 2.38.